The van der Waals surface area contributed by atoms with Gasteiger partial charge in [-0.1, -0.05) is 40.2 Å². The van der Waals surface area contributed by atoms with Gasteiger partial charge in [0.25, 0.3) is 0 Å². The third-order valence-corrected chi connectivity index (χ3v) is 12.0. The van der Waals surface area contributed by atoms with Gasteiger partial charge in [0.05, 0.1) is 11.3 Å². The molecule has 0 bridgehead atoms. The molecule has 7 atom stereocenters. The van der Waals surface area contributed by atoms with Gasteiger partial charge in [0.15, 0.2) is 0 Å². The van der Waals surface area contributed by atoms with Crippen LogP contribution in [0, 0.1) is 23.2 Å². The van der Waals surface area contributed by atoms with Crippen molar-refractivity contribution < 1.29 is 4.39 Å². The van der Waals surface area contributed by atoms with Crippen molar-refractivity contribution in [3.63, 3.8) is 0 Å². The van der Waals surface area contributed by atoms with Gasteiger partial charge < -0.3 is 10.6 Å². The van der Waals surface area contributed by atoms with Crippen LogP contribution in [-0.4, -0.2) is 52.3 Å². The minimum atomic E-state index is -0.551. The van der Waals surface area contributed by atoms with Crippen molar-refractivity contribution in [2.75, 3.05) is 30.3 Å². The molecule has 4 fully saturated rings. The average molecular weight is 601 g/mol. The fraction of sp³-hybridized carbons (Fsp3) is 0.703. The van der Waals surface area contributed by atoms with Crippen LogP contribution in [-0.2, 0) is 19.3 Å². The third kappa shape index (κ3) is 5.61. The maximum atomic E-state index is 12.8. The normalized spacial score (nSPS) is 31.3. The Labute approximate surface area is 264 Å². The van der Waals surface area contributed by atoms with Crippen molar-refractivity contribution in [3.05, 3.63) is 45.9 Å². The number of nitriles is 1. The number of rotatable bonds is 6. The van der Waals surface area contributed by atoms with Crippen LogP contribution in [0.3, 0.4) is 0 Å². The van der Waals surface area contributed by atoms with E-state index in [1.165, 1.54) is 60.3 Å². The lowest BCUT2D eigenvalue weighted by molar-refractivity contribution is 0.217. The number of benzene rings is 1. The van der Waals surface area contributed by atoms with Gasteiger partial charge in [-0.2, -0.15) is 5.26 Å². The van der Waals surface area contributed by atoms with Crippen LogP contribution in [0.25, 0.3) is 0 Å². The molecule has 1 aromatic heterocycles. The summed E-state index contributed by atoms with van der Waals surface area (Å²) < 4.78 is 12.8. The second-order valence-electron chi connectivity index (χ2n) is 14.7. The van der Waals surface area contributed by atoms with Crippen LogP contribution in [0.2, 0.25) is 0 Å². The highest BCUT2D eigenvalue weighted by molar-refractivity contribution is 5.63. The Hall–Kier alpha value is -2.72. The number of hydrogen-bond acceptors (Lipinski definition) is 6. The molecule has 2 N–H and O–H groups in total. The predicted octanol–water partition coefficient (Wildman–Crippen LogP) is 7.49. The van der Waals surface area contributed by atoms with Crippen LogP contribution < -0.4 is 10.6 Å². The number of aryl methyl sites for hydroxylation is 1. The van der Waals surface area contributed by atoms with E-state index < -0.39 is 6.17 Å². The third-order valence-electron chi connectivity index (χ3n) is 12.0. The largest absolute Gasteiger partial charge is 0.398 e. The van der Waals surface area contributed by atoms with Gasteiger partial charge in [-0.15, -0.1) is 0 Å². The van der Waals surface area contributed by atoms with Crippen molar-refractivity contribution in [2.45, 2.75) is 135 Å². The highest BCUT2D eigenvalue weighted by atomic mass is 19.1. The number of fused-ring (bicyclic) bond motifs is 3. The molecule has 3 saturated heterocycles. The van der Waals surface area contributed by atoms with E-state index in [2.05, 4.69) is 56.6 Å². The summed E-state index contributed by atoms with van der Waals surface area (Å²) in [5.74, 6) is 4.58. The lowest BCUT2D eigenvalue weighted by atomic mass is 9.76. The van der Waals surface area contributed by atoms with Gasteiger partial charge in [0.1, 0.15) is 23.9 Å². The topological polar surface area (TPSA) is 82.1 Å². The van der Waals surface area contributed by atoms with Gasteiger partial charge in [-0.05, 0) is 112 Å². The fourth-order valence-electron chi connectivity index (χ4n) is 9.18. The molecule has 4 heterocycles. The molecule has 0 amide bonds. The van der Waals surface area contributed by atoms with Crippen LogP contribution in [0.15, 0.2) is 12.1 Å². The van der Waals surface area contributed by atoms with Crippen molar-refractivity contribution in [2.24, 2.45) is 11.8 Å². The van der Waals surface area contributed by atoms with Crippen molar-refractivity contribution in [1.82, 2.24) is 14.9 Å². The van der Waals surface area contributed by atoms with Crippen LogP contribution in [0.1, 0.15) is 132 Å². The number of nitrogens with two attached hydrogens (primary N) is 1. The van der Waals surface area contributed by atoms with Gasteiger partial charge in [0.2, 0.25) is 0 Å². The maximum Gasteiger partial charge on any atom is 0.136 e. The average Bonchev–Trinajstić information content (AvgIpc) is 3.63. The first-order chi connectivity index (χ1) is 21.2. The molecular formula is C37H53FN6. The molecule has 1 saturated carbocycles. The summed E-state index contributed by atoms with van der Waals surface area (Å²) in [6.07, 6.45) is 11.5. The Bertz CT molecular complexity index is 1400. The predicted molar refractivity (Wildman–Crippen MR) is 177 cm³/mol. The van der Waals surface area contributed by atoms with Gasteiger partial charge >= 0.3 is 0 Å². The standard InChI is InChI=1S/C29H39N5.C8H14FN/c1-5-17(4)21-10-11-24(31)23(15-30)28(21)19-8-9-22-25(14-19)32-27(7-3)33-29(22)34-16-20-12-18(6-2)13-26(20)34;1-8-3-2-4-10(8)6-7(9)5-8/h10-11,17-20,26H,5-9,12-14,16,31H2,1-4H3;7H,2-6H2,1H3/t17-,18?,19?,20?,26?;/m0./s1. The van der Waals surface area contributed by atoms with E-state index >= 15 is 0 Å². The van der Waals surface area contributed by atoms with E-state index in [1.54, 1.807) is 0 Å². The Kier molecular flexibility index (Phi) is 8.94. The number of alkyl halides is 1. The van der Waals surface area contributed by atoms with Crippen molar-refractivity contribution in [3.8, 4) is 6.07 Å². The van der Waals surface area contributed by atoms with Crippen molar-refractivity contribution >= 4 is 11.5 Å². The summed E-state index contributed by atoms with van der Waals surface area (Å²) in [7, 11) is 0. The highest BCUT2D eigenvalue weighted by Crippen LogP contribution is 2.48. The first kappa shape index (κ1) is 31.3. The van der Waals surface area contributed by atoms with E-state index in [0.717, 1.165) is 69.3 Å². The van der Waals surface area contributed by atoms with Crippen LogP contribution >= 0.6 is 0 Å². The van der Waals surface area contributed by atoms with E-state index in [1.807, 2.05) is 6.07 Å². The second-order valence-corrected chi connectivity index (χ2v) is 14.7. The molecule has 5 aliphatic rings. The Morgan fingerprint density at radius 2 is 2.00 bits per heavy atom. The molecule has 7 heteroatoms. The molecule has 2 aliphatic carbocycles. The van der Waals surface area contributed by atoms with Gasteiger partial charge in [-0.25, -0.2) is 14.4 Å². The lowest BCUT2D eigenvalue weighted by Crippen LogP contribution is -2.54. The van der Waals surface area contributed by atoms with Gasteiger partial charge in [-0.3, -0.25) is 4.90 Å². The number of nitrogens with zero attached hydrogens (tertiary/aromatic N) is 5. The molecule has 44 heavy (non-hydrogen) atoms. The second kappa shape index (κ2) is 12.6. The molecule has 2 aromatic rings. The van der Waals surface area contributed by atoms with Crippen LogP contribution in [0.5, 0.6) is 0 Å². The molecule has 7 rings (SSSR count). The quantitative estimate of drug-likeness (QED) is 0.346. The summed E-state index contributed by atoms with van der Waals surface area (Å²) in [6, 6.07) is 7.19. The number of nitrogen functional groups attached to an aromatic ring is 1. The maximum absolute atomic E-state index is 12.8. The summed E-state index contributed by atoms with van der Waals surface area (Å²) >= 11 is 0. The van der Waals surface area contributed by atoms with Crippen LogP contribution in [0.4, 0.5) is 15.9 Å². The molecule has 6 nitrogen and oxygen atoms in total. The van der Waals surface area contributed by atoms with E-state index in [4.69, 9.17) is 15.7 Å². The number of hydrogen-bond donors (Lipinski definition) is 1. The first-order valence-electron chi connectivity index (χ1n) is 17.6. The summed E-state index contributed by atoms with van der Waals surface area (Å²) in [6.45, 7) is 14.1. The zero-order chi connectivity index (χ0) is 31.2. The number of anilines is 2. The Morgan fingerprint density at radius 1 is 1.18 bits per heavy atom. The smallest absolute Gasteiger partial charge is 0.136 e. The van der Waals surface area contributed by atoms with Gasteiger partial charge in [0, 0.05) is 42.3 Å². The van der Waals surface area contributed by atoms with Crippen molar-refractivity contribution in [1.29, 1.82) is 5.26 Å². The first-order valence-corrected chi connectivity index (χ1v) is 17.6. The lowest BCUT2D eigenvalue weighted by Gasteiger charge is -2.47. The highest BCUT2D eigenvalue weighted by Gasteiger charge is 2.47. The molecular weight excluding hydrogens is 547 g/mol. The summed E-state index contributed by atoms with van der Waals surface area (Å²) in [4.78, 5) is 15.0. The van der Waals surface area contributed by atoms with E-state index in [-0.39, 0.29) is 11.5 Å². The number of aromatic nitrogens is 2. The molecule has 6 unspecified atom stereocenters. The van der Waals surface area contributed by atoms with E-state index in [0.29, 0.717) is 29.8 Å². The summed E-state index contributed by atoms with van der Waals surface area (Å²) in [5.41, 5.74) is 12.8. The monoisotopic (exact) mass is 600 g/mol. The molecule has 0 spiro atoms. The molecule has 238 valence electrons. The number of halogens is 1. The zero-order valence-corrected chi connectivity index (χ0v) is 27.7. The molecule has 0 radical (unpaired) electrons. The minimum Gasteiger partial charge on any atom is -0.398 e. The Morgan fingerprint density at radius 3 is 2.70 bits per heavy atom. The Balaban J connectivity index is 0.000000289. The molecule has 1 aromatic carbocycles. The molecule has 3 aliphatic heterocycles. The fourth-order valence-corrected chi connectivity index (χ4v) is 9.18. The summed E-state index contributed by atoms with van der Waals surface area (Å²) in [5, 5.41) is 10.0. The van der Waals surface area contributed by atoms with E-state index in [9.17, 15) is 9.65 Å². The SMILES string of the molecule is CC12CCCN1CC(F)C2.CCc1nc2c(c(N3CC4CC(CC)CC43)n1)CCC(c1c([C@@H](C)CC)ccc(N)c1C#N)C2. The minimum absolute atomic E-state index is 0.236. The zero-order valence-electron chi connectivity index (χ0n) is 27.7.